The molecule has 0 amide bonds. The number of pyridine rings is 1. The van der Waals surface area contributed by atoms with Crippen molar-refractivity contribution >= 4 is 38.2 Å². The van der Waals surface area contributed by atoms with Crippen LogP contribution in [0, 0.1) is 18.3 Å². The molecule has 0 fully saturated rings. The molecule has 0 saturated heterocycles. The fourth-order valence-electron chi connectivity index (χ4n) is 2.61. The van der Waals surface area contributed by atoms with Crippen LogP contribution in [0.2, 0.25) is 0 Å². The number of nitrogens with one attached hydrogen (secondary N) is 1. The normalized spacial score (nSPS) is 10.4. The molecule has 6 heteroatoms. The second-order valence-corrected chi connectivity index (χ2v) is 6.33. The number of anilines is 2. The summed E-state index contributed by atoms with van der Waals surface area (Å²) in [7, 11) is 3.16. The molecule has 0 radical (unpaired) electrons. The minimum absolute atomic E-state index is 0.459. The van der Waals surface area contributed by atoms with Gasteiger partial charge in [-0.3, -0.25) is 4.98 Å². The first-order valence-electron chi connectivity index (χ1n) is 7.55. The third-order valence-corrected chi connectivity index (χ3v) is 4.81. The number of ether oxygens (including phenoxy) is 2. The molecular weight excluding hydrogens is 382 g/mol. The molecule has 0 saturated carbocycles. The smallest absolute Gasteiger partial charge is 0.162 e. The minimum atomic E-state index is 0.459. The highest BCUT2D eigenvalue weighted by Gasteiger charge is 2.14. The van der Waals surface area contributed by atoms with Gasteiger partial charge in [0.2, 0.25) is 0 Å². The van der Waals surface area contributed by atoms with Gasteiger partial charge in [0.15, 0.2) is 11.5 Å². The zero-order valence-corrected chi connectivity index (χ0v) is 15.6. The number of aryl methyl sites for hydroxylation is 1. The first kappa shape index (κ1) is 17.1. The molecule has 0 atom stereocenters. The van der Waals surface area contributed by atoms with E-state index in [4.69, 9.17) is 9.47 Å². The van der Waals surface area contributed by atoms with Crippen molar-refractivity contribution in [3.05, 3.63) is 52.1 Å². The van der Waals surface area contributed by atoms with Crippen LogP contribution in [0.1, 0.15) is 11.1 Å². The van der Waals surface area contributed by atoms with Crippen molar-refractivity contribution in [1.29, 1.82) is 5.26 Å². The van der Waals surface area contributed by atoms with Gasteiger partial charge < -0.3 is 14.8 Å². The Morgan fingerprint density at radius 2 is 1.84 bits per heavy atom. The van der Waals surface area contributed by atoms with Gasteiger partial charge in [0, 0.05) is 27.8 Å². The maximum atomic E-state index is 9.49. The summed E-state index contributed by atoms with van der Waals surface area (Å²) >= 11 is 3.50. The van der Waals surface area contributed by atoms with E-state index in [2.05, 4.69) is 32.3 Å². The highest BCUT2D eigenvalue weighted by atomic mass is 79.9. The van der Waals surface area contributed by atoms with Gasteiger partial charge in [-0.15, -0.1) is 0 Å². The Morgan fingerprint density at radius 1 is 1.12 bits per heavy atom. The molecule has 0 aliphatic heterocycles. The predicted octanol–water partition coefficient (Wildman–Crippen LogP) is 4.94. The summed E-state index contributed by atoms with van der Waals surface area (Å²) in [5.41, 5.74) is 3.85. The van der Waals surface area contributed by atoms with Gasteiger partial charge in [0.25, 0.3) is 0 Å². The molecule has 0 unspecified atom stereocenters. The van der Waals surface area contributed by atoms with E-state index in [-0.39, 0.29) is 0 Å². The van der Waals surface area contributed by atoms with E-state index >= 15 is 0 Å². The van der Waals surface area contributed by atoms with Crippen LogP contribution in [0.15, 0.2) is 41.0 Å². The Labute approximate surface area is 154 Å². The summed E-state index contributed by atoms with van der Waals surface area (Å²) in [4.78, 5) is 4.36. The molecule has 3 aromatic rings. The quantitative estimate of drug-likeness (QED) is 0.675. The van der Waals surface area contributed by atoms with Crippen LogP contribution in [0.5, 0.6) is 11.5 Å². The molecule has 126 valence electrons. The number of halogens is 1. The van der Waals surface area contributed by atoms with Gasteiger partial charge in [0.05, 0.1) is 31.0 Å². The Bertz CT molecular complexity index is 996. The molecule has 0 spiro atoms. The van der Waals surface area contributed by atoms with Crippen LogP contribution in [-0.2, 0) is 0 Å². The first-order valence-corrected chi connectivity index (χ1v) is 8.34. The molecule has 0 bridgehead atoms. The van der Waals surface area contributed by atoms with E-state index in [1.54, 1.807) is 26.5 Å². The standard InChI is InChI=1S/C19H16BrN3O2/c1-11-6-13(4-5-15(11)20)23-19-12(9-21)10-22-16-8-18(25-3)17(24-2)7-14(16)19/h4-8,10H,1-3H3,(H,22,23). The highest BCUT2D eigenvalue weighted by molar-refractivity contribution is 9.10. The number of methoxy groups -OCH3 is 2. The van der Waals surface area contributed by atoms with Crippen molar-refractivity contribution in [2.75, 3.05) is 19.5 Å². The fourth-order valence-corrected chi connectivity index (χ4v) is 2.85. The van der Waals surface area contributed by atoms with Crippen molar-refractivity contribution in [2.45, 2.75) is 6.92 Å². The van der Waals surface area contributed by atoms with Crippen molar-refractivity contribution in [2.24, 2.45) is 0 Å². The minimum Gasteiger partial charge on any atom is -0.493 e. The molecule has 1 aromatic heterocycles. The number of nitrogens with zero attached hydrogens (tertiary/aromatic N) is 2. The SMILES string of the molecule is COc1cc2ncc(C#N)c(Nc3ccc(Br)c(C)c3)c2cc1OC. The van der Waals surface area contributed by atoms with Crippen LogP contribution in [0.3, 0.4) is 0 Å². The summed E-state index contributed by atoms with van der Waals surface area (Å²) in [5, 5.41) is 13.6. The maximum absolute atomic E-state index is 9.49. The number of nitriles is 1. The van der Waals surface area contributed by atoms with Crippen molar-refractivity contribution in [1.82, 2.24) is 4.98 Å². The Kier molecular flexibility index (Phi) is 4.77. The zero-order valence-electron chi connectivity index (χ0n) is 14.1. The lowest BCUT2D eigenvalue weighted by Crippen LogP contribution is -1.99. The number of benzene rings is 2. The van der Waals surface area contributed by atoms with Gasteiger partial charge in [-0.2, -0.15) is 5.26 Å². The van der Waals surface area contributed by atoms with Gasteiger partial charge in [-0.1, -0.05) is 15.9 Å². The summed E-state index contributed by atoms with van der Waals surface area (Å²) in [6.07, 6.45) is 1.56. The second kappa shape index (κ2) is 6.99. The van der Waals surface area contributed by atoms with E-state index in [1.807, 2.05) is 31.2 Å². The number of rotatable bonds is 4. The third kappa shape index (κ3) is 3.24. The fraction of sp³-hybridized carbons (Fsp3) is 0.158. The lowest BCUT2D eigenvalue weighted by Gasteiger charge is -2.15. The van der Waals surface area contributed by atoms with E-state index in [9.17, 15) is 5.26 Å². The van der Waals surface area contributed by atoms with Crippen molar-refractivity contribution in [3.8, 4) is 17.6 Å². The Balaban J connectivity index is 2.20. The van der Waals surface area contributed by atoms with Crippen molar-refractivity contribution < 1.29 is 9.47 Å². The number of aromatic nitrogens is 1. The first-order chi connectivity index (χ1) is 12.1. The highest BCUT2D eigenvalue weighted by Crippen LogP contribution is 2.37. The molecule has 0 aliphatic rings. The van der Waals surface area contributed by atoms with Crippen LogP contribution in [0.4, 0.5) is 11.4 Å². The lowest BCUT2D eigenvalue weighted by atomic mass is 10.1. The predicted molar refractivity (Wildman–Crippen MR) is 102 cm³/mol. The number of hydrogen-bond acceptors (Lipinski definition) is 5. The average Bonchev–Trinajstić information content (AvgIpc) is 2.63. The molecular formula is C19H16BrN3O2. The van der Waals surface area contributed by atoms with Gasteiger partial charge >= 0.3 is 0 Å². The number of fused-ring (bicyclic) bond motifs is 1. The van der Waals surface area contributed by atoms with Crippen molar-refractivity contribution in [3.63, 3.8) is 0 Å². The Hall–Kier alpha value is -2.78. The van der Waals surface area contributed by atoms with Gasteiger partial charge in [-0.25, -0.2) is 0 Å². The third-order valence-electron chi connectivity index (χ3n) is 3.92. The molecule has 1 heterocycles. The van der Waals surface area contributed by atoms with Crippen LogP contribution in [-0.4, -0.2) is 19.2 Å². The molecule has 5 nitrogen and oxygen atoms in total. The summed E-state index contributed by atoms with van der Waals surface area (Å²) in [6, 6.07) is 11.8. The molecule has 25 heavy (non-hydrogen) atoms. The van der Waals surface area contributed by atoms with Crippen LogP contribution >= 0.6 is 15.9 Å². The van der Waals surface area contributed by atoms with E-state index in [0.29, 0.717) is 28.3 Å². The second-order valence-electron chi connectivity index (χ2n) is 5.47. The van der Waals surface area contributed by atoms with E-state index in [0.717, 1.165) is 21.1 Å². The zero-order chi connectivity index (χ0) is 18.0. The largest absolute Gasteiger partial charge is 0.493 e. The van der Waals surface area contributed by atoms with E-state index < -0.39 is 0 Å². The molecule has 1 N–H and O–H groups in total. The molecule has 3 rings (SSSR count). The maximum Gasteiger partial charge on any atom is 0.162 e. The summed E-state index contributed by atoms with van der Waals surface area (Å²) in [5.74, 6) is 1.18. The summed E-state index contributed by atoms with van der Waals surface area (Å²) < 4.78 is 11.8. The van der Waals surface area contributed by atoms with Crippen LogP contribution < -0.4 is 14.8 Å². The van der Waals surface area contributed by atoms with Gasteiger partial charge in [-0.05, 0) is 36.8 Å². The molecule has 2 aromatic carbocycles. The van der Waals surface area contributed by atoms with Crippen LogP contribution in [0.25, 0.3) is 10.9 Å². The summed E-state index contributed by atoms with van der Waals surface area (Å²) in [6.45, 7) is 2.01. The monoisotopic (exact) mass is 397 g/mol. The molecule has 0 aliphatic carbocycles. The van der Waals surface area contributed by atoms with E-state index in [1.165, 1.54) is 0 Å². The lowest BCUT2D eigenvalue weighted by molar-refractivity contribution is 0.356. The topological polar surface area (TPSA) is 67.2 Å². The Morgan fingerprint density at radius 3 is 2.48 bits per heavy atom. The number of hydrogen-bond donors (Lipinski definition) is 1. The van der Waals surface area contributed by atoms with Gasteiger partial charge in [0.1, 0.15) is 6.07 Å². The average molecular weight is 398 g/mol.